The quantitative estimate of drug-likeness (QED) is 0.0149. The zero-order valence-corrected chi connectivity index (χ0v) is 36.1. The molecule has 0 aromatic rings. The van der Waals surface area contributed by atoms with Crippen LogP contribution in [0.1, 0.15) is 6.92 Å². The number of aliphatic imine (C=N–C) groups is 1. The molecule has 0 aromatic heterocycles. The zero-order valence-electron chi connectivity index (χ0n) is 33.0. The fourth-order valence-electron chi connectivity index (χ4n) is 6.84. The molecule has 4 heterocycles. The predicted molar refractivity (Wildman–Crippen MR) is 195 cm³/mol. The van der Waals surface area contributed by atoms with Crippen LogP contribution >= 0.6 is 12.6 Å². The predicted octanol–water partition coefficient (Wildman–Crippen LogP) is -8.96. The molecule has 0 aromatic carbocycles. The average Bonchev–Trinajstić information content (AvgIpc) is 3.23. The third-order valence-corrected chi connectivity index (χ3v) is 10.2. The van der Waals surface area contributed by atoms with Crippen molar-refractivity contribution in [2.24, 2.45) is 4.99 Å². The molecular formula is C34H60AuNO24S. The van der Waals surface area contributed by atoms with Crippen LogP contribution in [0.15, 0.2) is 4.99 Å². The zero-order chi connectivity index (χ0) is 44.1. The number of nitrogens with zero attached hydrogens (tertiary/aromatic N) is 1. The van der Waals surface area contributed by atoms with E-state index in [0.717, 1.165) is 6.92 Å². The maximum Gasteiger partial charge on any atom is 1.00 e. The van der Waals surface area contributed by atoms with Crippen molar-refractivity contribution in [3.63, 3.8) is 0 Å². The van der Waals surface area contributed by atoms with Crippen LogP contribution in [0.3, 0.4) is 0 Å². The van der Waals surface area contributed by atoms with Gasteiger partial charge in [0.25, 0.3) is 0 Å². The van der Waals surface area contributed by atoms with Crippen LogP contribution in [0.5, 0.6) is 0 Å². The van der Waals surface area contributed by atoms with Gasteiger partial charge in [0, 0.05) is 5.75 Å². The molecule has 0 amide bonds. The van der Waals surface area contributed by atoms with Crippen LogP contribution in [0.25, 0.3) is 0 Å². The van der Waals surface area contributed by atoms with Gasteiger partial charge in [-0.05, 0) is 12.8 Å². The molecule has 20 atom stereocenters. The second kappa shape index (κ2) is 27.3. The van der Waals surface area contributed by atoms with Crippen molar-refractivity contribution in [2.45, 2.75) is 130 Å². The molecule has 61 heavy (non-hydrogen) atoms. The number of hydrogen-bond acceptors (Lipinski definition) is 26. The summed E-state index contributed by atoms with van der Waals surface area (Å²) in [6, 6.07) is -1.62. The molecule has 0 radical (unpaired) electrons. The Balaban J connectivity index is 0.00000992. The molecule has 4 fully saturated rings. The molecule has 0 spiro atoms. The van der Waals surface area contributed by atoms with Crippen LogP contribution in [-0.2, 0) is 74.5 Å². The molecule has 0 aliphatic carbocycles. The first-order chi connectivity index (χ1) is 28.7. The van der Waals surface area contributed by atoms with Gasteiger partial charge in [0.2, 0.25) is 0 Å². The van der Waals surface area contributed by atoms with E-state index in [1.54, 1.807) is 0 Å². The summed E-state index contributed by atoms with van der Waals surface area (Å²) in [7, 11) is 0. The van der Waals surface area contributed by atoms with Gasteiger partial charge < -0.3 is 118 Å². The van der Waals surface area contributed by atoms with E-state index in [9.17, 15) is 66.4 Å². The molecule has 25 nitrogen and oxygen atoms in total. The third kappa shape index (κ3) is 14.6. The standard InChI is InChI=1S/C34H61NO24S.Au/c1-14(40)35-19-22(43)20(41)15(10-36)53-31(19)59-30-21(42)16(11-37)54-34(27(30)48)58-29-18(13-39)56-33(26(47)24(29)45)57-28-17(12-38)55-32(25(46)23(28)44)52-7-6-50-3-2-49-4-5-51-8-9-60;/h15-34,36-39,41-48,60H,2-13H2,1H3,(H,35,40);/q;+1/p-1/t15-,16-,17-,18-,19-,20+,21+,22-,23-,24-,25-,26-,27-,28-,29+,30+,31+,32-,33+,34-;/m1./s1. The minimum absolute atomic E-state index is 0. The molecule has 12 N–H and O–H groups in total. The van der Waals surface area contributed by atoms with Gasteiger partial charge >= 0.3 is 22.4 Å². The molecule has 4 aliphatic rings. The van der Waals surface area contributed by atoms with Crippen molar-refractivity contribution in [1.29, 1.82) is 0 Å². The monoisotopic (exact) mass is 1100 g/mol. The van der Waals surface area contributed by atoms with Crippen molar-refractivity contribution in [3.8, 4) is 0 Å². The molecular weight excluding hydrogens is 1040 g/mol. The van der Waals surface area contributed by atoms with Gasteiger partial charge in [0.05, 0.1) is 72.7 Å². The first-order valence-corrected chi connectivity index (χ1v) is 20.0. The maximum absolute atomic E-state index is 11.8. The second-order valence-corrected chi connectivity index (χ2v) is 14.6. The molecule has 4 saturated heterocycles. The first kappa shape index (κ1) is 55.0. The van der Waals surface area contributed by atoms with Crippen LogP contribution < -0.4 is 5.11 Å². The summed E-state index contributed by atoms with van der Waals surface area (Å²) in [5.41, 5.74) is 0. The summed E-state index contributed by atoms with van der Waals surface area (Å²) in [4.78, 5) is 3.69. The second-order valence-electron chi connectivity index (χ2n) is 14.2. The molecule has 0 saturated carbocycles. The van der Waals surface area contributed by atoms with Gasteiger partial charge in [-0.3, -0.25) is 4.99 Å². The minimum atomic E-state index is -2.05. The number of aliphatic hydroxyl groups excluding tert-OH is 12. The number of rotatable bonds is 23. The fourth-order valence-corrected chi connectivity index (χ4v) is 6.97. The Morgan fingerprint density at radius 2 is 0.902 bits per heavy atom. The topological polar surface area (TPSA) is 380 Å². The molecule has 362 valence electrons. The molecule has 4 aliphatic heterocycles. The van der Waals surface area contributed by atoms with E-state index in [1.165, 1.54) is 0 Å². The van der Waals surface area contributed by atoms with Gasteiger partial charge in [-0.25, -0.2) is 0 Å². The Morgan fingerprint density at radius 3 is 1.41 bits per heavy atom. The van der Waals surface area contributed by atoms with Crippen molar-refractivity contribution in [3.05, 3.63) is 0 Å². The van der Waals surface area contributed by atoms with Crippen LogP contribution in [0.4, 0.5) is 0 Å². The van der Waals surface area contributed by atoms with Crippen LogP contribution in [0, 0.1) is 0 Å². The van der Waals surface area contributed by atoms with Crippen LogP contribution in [-0.4, -0.2) is 268 Å². The smallest absolute Gasteiger partial charge is 0.862 e. The van der Waals surface area contributed by atoms with E-state index in [1.807, 2.05) is 0 Å². The normalized spacial score (nSPS) is 42.3. The van der Waals surface area contributed by atoms with Crippen molar-refractivity contribution >= 4 is 18.5 Å². The van der Waals surface area contributed by atoms with E-state index in [0.29, 0.717) is 25.6 Å². The van der Waals surface area contributed by atoms with E-state index in [2.05, 4.69) is 17.6 Å². The van der Waals surface area contributed by atoms with Crippen LogP contribution in [0.2, 0.25) is 0 Å². The van der Waals surface area contributed by atoms with Gasteiger partial charge in [-0.2, -0.15) is 12.6 Å². The summed E-state index contributed by atoms with van der Waals surface area (Å²) in [5, 5.41) is 139. The largest absolute Gasteiger partial charge is 1.00 e. The Hall–Kier alpha value is -0.360. The Morgan fingerprint density at radius 1 is 0.492 bits per heavy atom. The SMILES string of the molecule is CC([O-])=N[C@H]1[C@H](O[C@H]2[C@@H](O)[C@@H](CO)O[C@H](O[C@@H]3[C@H](O)[C@@H](O)[C@H](O[C@H]4[C@H](O)[C@@H](O)[C@H](OCCOCCOCCOCCS)O[C@@H]4CO)O[C@@H]3CO)[C@@H]2O)O[C@H](CO)[C@H](O)[C@@H]1O.[Au+]. The number of hydrogen-bond donors (Lipinski definition) is 13. The van der Waals surface area contributed by atoms with Gasteiger partial charge in [-0.15, -0.1) is 0 Å². The minimum Gasteiger partial charge on any atom is -0.862 e. The summed E-state index contributed by atoms with van der Waals surface area (Å²) in [5.74, 6) is -0.219. The van der Waals surface area contributed by atoms with E-state index in [4.69, 9.17) is 52.1 Å². The Labute approximate surface area is 371 Å². The van der Waals surface area contributed by atoms with Gasteiger partial charge in [0.15, 0.2) is 25.2 Å². The van der Waals surface area contributed by atoms with E-state index >= 15 is 0 Å². The van der Waals surface area contributed by atoms with E-state index in [-0.39, 0.29) is 48.8 Å². The summed E-state index contributed by atoms with van der Waals surface area (Å²) < 4.78 is 61.0. The number of ether oxygens (including phenoxy) is 11. The number of thiol groups is 1. The summed E-state index contributed by atoms with van der Waals surface area (Å²) >= 11 is 4.04. The summed E-state index contributed by atoms with van der Waals surface area (Å²) in [6.07, 6.45) is -33.3. The number of aliphatic hydroxyl groups is 12. The first-order valence-electron chi connectivity index (χ1n) is 19.4. The maximum atomic E-state index is 11.8. The molecule has 0 unspecified atom stereocenters. The van der Waals surface area contributed by atoms with Gasteiger partial charge in [0.1, 0.15) is 97.6 Å². The Kier molecular flexibility index (Phi) is 24.6. The molecule has 0 bridgehead atoms. The summed E-state index contributed by atoms with van der Waals surface area (Å²) in [6.45, 7) is -0.624. The van der Waals surface area contributed by atoms with Crippen molar-refractivity contribution < 1.29 is 141 Å². The molecule has 27 heteroatoms. The van der Waals surface area contributed by atoms with E-state index < -0.39 is 155 Å². The molecule has 4 rings (SSSR count). The van der Waals surface area contributed by atoms with Crippen molar-refractivity contribution in [1.82, 2.24) is 0 Å². The average molecular weight is 1100 g/mol. The fraction of sp³-hybridized carbons (Fsp3) is 0.971. The third-order valence-electron chi connectivity index (χ3n) is 10.0. The van der Waals surface area contributed by atoms with Gasteiger partial charge in [-0.1, -0.05) is 0 Å². The van der Waals surface area contributed by atoms with Crippen molar-refractivity contribution in [2.75, 3.05) is 78.4 Å². The Bertz CT molecular complexity index is 1250.